The van der Waals surface area contributed by atoms with Gasteiger partial charge in [-0.1, -0.05) is 12.1 Å². The summed E-state index contributed by atoms with van der Waals surface area (Å²) in [7, 11) is 0. The first-order valence-corrected chi connectivity index (χ1v) is 5.86. The molecule has 0 saturated carbocycles. The smallest absolute Gasteiger partial charge is 0.116 e. The van der Waals surface area contributed by atoms with E-state index in [9.17, 15) is 10.2 Å². The zero-order valence-corrected chi connectivity index (χ0v) is 10.0. The van der Waals surface area contributed by atoms with Crippen LogP contribution in [0.4, 0.5) is 0 Å². The number of phenolic OH excluding ortho intramolecular Hbond substituents is 2. The predicted molar refractivity (Wildman–Crippen MR) is 72.8 cm³/mol. The standard InChI is InChI=1S/C15H12N2O2/c18-12-6-4-10(5-7-12)14-9-15(17-16-14)11-2-1-3-13(19)8-11/h1-9,18-19H,(H,16,17). The Balaban J connectivity index is 1.97. The maximum Gasteiger partial charge on any atom is 0.116 e. The number of phenols is 2. The van der Waals surface area contributed by atoms with Crippen LogP contribution >= 0.6 is 0 Å². The minimum atomic E-state index is 0.215. The van der Waals surface area contributed by atoms with Crippen LogP contribution in [0.2, 0.25) is 0 Å². The maximum atomic E-state index is 9.46. The molecular formula is C15H12N2O2. The Kier molecular flexibility index (Phi) is 2.68. The van der Waals surface area contributed by atoms with Crippen LogP contribution in [-0.2, 0) is 0 Å². The van der Waals surface area contributed by atoms with Crippen LogP contribution in [0.1, 0.15) is 0 Å². The summed E-state index contributed by atoms with van der Waals surface area (Å²) < 4.78 is 0. The zero-order valence-electron chi connectivity index (χ0n) is 10.0. The highest BCUT2D eigenvalue weighted by molar-refractivity contribution is 5.69. The fourth-order valence-electron chi connectivity index (χ4n) is 1.92. The minimum absolute atomic E-state index is 0.215. The van der Waals surface area contributed by atoms with E-state index in [1.54, 1.807) is 30.3 Å². The van der Waals surface area contributed by atoms with Crippen molar-refractivity contribution in [3.63, 3.8) is 0 Å². The summed E-state index contributed by atoms with van der Waals surface area (Å²) in [6.45, 7) is 0. The van der Waals surface area contributed by atoms with Gasteiger partial charge in [-0.2, -0.15) is 5.10 Å². The normalized spacial score (nSPS) is 10.5. The number of hydrogen-bond donors (Lipinski definition) is 3. The van der Waals surface area contributed by atoms with Gasteiger partial charge in [-0.25, -0.2) is 0 Å². The summed E-state index contributed by atoms with van der Waals surface area (Å²) in [4.78, 5) is 0. The summed E-state index contributed by atoms with van der Waals surface area (Å²) in [6.07, 6.45) is 0. The van der Waals surface area contributed by atoms with Gasteiger partial charge in [0.25, 0.3) is 0 Å². The van der Waals surface area contributed by atoms with Crippen LogP contribution in [-0.4, -0.2) is 20.4 Å². The van der Waals surface area contributed by atoms with E-state index in [1.165, 1.54) is 0 Å². The number of rotatable bonds is 2. The molecule has 4 nitrogen and oxygen atoms in total. The number of hydrogen-bond acceptors (Lipinski definition) is 3. The largest absolute Gasteiger partial charge is 0.508 e. The molecular weight excluding hydrogens is 240 g/mol. The lowest BCUT2D eigenvalue weighted by atomic mass is 10.1. The summed E-state index contributed by atoms with van der Waals surface area (Å²) >= 11 is 0. The molecule has 2 aromatic carbocycles. The van der Waals surface area contributed by atoms with Crippen molar-refractivity contribution in [2.45, 2.75) is 0 Å². The van der Waals surface area contributed by atoms with E-state index in [1.807, 2.05) is 24.3 Å². The minimum Gasteiger partial charge on any atom is -0.508 e. The molecule has 3 aromatic rings. The van der Waals surface area contributed by atoms with Gasteiger partial charge in [0.1, 0.15) is 11.5 Å². The molecule has 1 heterocycles. The number of aromatic nitrogens is 2. The summed E-state index contributed by atoms with van der Waals surface area (Å²) in [5, 5.41) is 25.9. The number of H-pyrrole nitrogens is 1. The summed E-state index contributed by atoms with van der Waals surface area (Å²) in [5.74, 6) is 0.447. The average Bonchev–Trinajstić information content (AvgIpc) is 2.89. The molecule has 0 unspecified atom stereocenters. The van der Waals surface area contributed by atoms with Gasteiger partial charge < -0.3 is 10.2 Å². The molecule has 0 bridgehead atoms. The van der Waals surface area contributed by atoms with Crippen molar-refractivity contribution in [1.82, 2.24) is 10.2 Å². The van der Waals surface area contributed by atoms with E-state index in [-0.39, 0.29) is 11.5 Å². The SMILES string of the molecule is Oc1ccc(-c2cc(-c3cccc(O)c3)n[nH]2)cc1. The van der Waals surface area contributed by atoms with Crippen molar-refractivity contribution in [2.75, 3.05) is 0 Å². The summed E-state index contributed by atoms with van der Waals surface area (Å²) in [5.41, 5.74) is 3.41. The second-order valence-corrected chi connectivity index (χ2v) is 4.26. The Morgan fingerprint density at radius 1 is 0.789 bits per heavy atom. The average molecular weight is 252 g/mol. The van der Waals surface area contributed by atoms with Gasteiger partial charge in [-0.3, -0.25) is 5.10 Å². The summed E-state index contributed by atoms with van der Waals surface area (Å²) in [6, 6.07) is 15.7. The Hall–Kier alpha value is -2.75. The number of nitrogens with zero attached hydrogens (tertiary/aromatic N) is 1. The first kappa shape index (κ1) is 11.3. The quantitative estimate of drug-likeness (QED) is 0.656. The molecule has 3 N–H and O–H groups in total. The van der Waals surface area contributed by atoms with Crippen molar-refractivity contribution >= 4 is 0 Å². The topological polar surface area (TPSA) is 69.1 Å². The van der Waals surface area contributed by atoms with E-state index in [0.717, 1.165) is 22.5 Å². The fourth-order valence-corrected chi connectivity index (χ4v) is 1.92. The van der Waals surface area contributed by atoms with Crippen LogP contribution in [0.5, 0.6) is 11.5 Å². The number of aromatic hydroxyl groups is 2. The lowest BCUT2D eigenvalue weighted by molar-refractivity contribution is 0.475. The van der Waals surface area contributed by atoms with Crippen LogP contribution < -0.4 is 0 Å². The van der Waals surface area contributed by atoms with Gasteiger partial charge in [0, 0.05) is 5.56 Å². The van der Waals surface area contributed by atoms with Gasteiger partial charge in [-0.05, 0) is 48.0 Å². The van der Waals surface area contributed by atoms with E-state index in [4.69, 9.17) is 0 Å². The van der Waals surface area contributed by atoms with Crippen molar-refractivity contribution in [1.29, 1.82) is 0 Å². The molecule has 0 aliphatic carbocycles. The van der Waals surface area contributed by atoms with E-state index in [0.29, 0.717) is 0 Å². The molecule has 19 heavy (non-hydrogen) atoms. The molecule has 4 heteroatoms. The lowest BCUT2D eigenvalue weighted by Crippen LogP contribution is -1.77. The van der Waals surface area contributed by atoms with Crippen molar-refractivity contribution in [2.24, 2.45) is 0 Å². The van der Waals surface area contributed by atoms with E-state index >= 15 is 0 Å². The molecule has 3 rings (SSSR count). The van der Waals surface area contributed by atoms with Crippen molar-refractivity contribution in [3.05, 3.63) is 54.6 Å². The van der Waals surface area contributed by atoms with E-state index < -0.39 is 0 Å². The van der Waals surface area contributed by atoms with E-state index in [2.05, 4.69) is 10.2 Å². The predicted octanol–water partition coefficient (Wildman–Crippen LogP) is 3.15. The Morgan fingerprint density at radius 2 is 1.58 bits per heavy atom. The Morgan fingerprint density at radius 3 is 2.32 bits per heavy atom. The second kappa shape index (κ2) is 4.49. The number of nitrogens with one attached hydrogen (secondary N) is 1. The lowest BCUT2D eigenvalue weighted by Gasteiger charge is -1.97. The molecule has 0 spiro atoms. The highest BCUT2D eigenvalue weighted by Crippen LogP contribution is 2.26. The zero-order chi connectivity index (χ0) is 13.2. The fraction of sp³-hybridized carbons (Fsp3) is 0. The first-order chi connectivity index (χ1) is 9.22. The molecule has 0 aliphatic heterocycles. The monoisotopic (exact) mass is 252 g/mol. The van der Waals surface area contributed by atoms with Gasteiger partial charge >= 0.3 is 0 Å². The van der Waals surface area contributed by atoms with Gasteiger partial charge in [0.15, 0.2) is 0 Å². The second-order valence-electron chi connectivity index (χ2n) is 4.26. The van der Waals surface area contributed by atoms with Gasteiger partial charge in [-0.15, -0.1) is 0 Å². The number of aromatic amines is 1. The van der Waals surface area contributed by atoms with Gasteiger partial charge in [0.2, 0.25) is 0 Å². The van der Waals surface area contributed by atoms with Gasteiger partial charge in [0.05, 0.1) is 11.4 Å². The highest BCUT2D eigenvalue weighted by atomic mass is 16.3. The molecule has 1 aromatic heterocycles. The molecule has 0 radical (unpaired) electrons. The van der Waals surface area contributed by atoms with Crippen molar-refractivity contribution in [3.8, 4) is 34.0 Å². The van der Waals surface area contributed by atoms with Crippen LogP contribution in [0, 0.1) is 0 Å². The molecule has 94 valence electrons. The molecule has 0 amide bonds. The van der Waals surface area contributed by atoms with Crippen LogP contribution in [0.15, 0.2) is 54.6 Å². The number of benzene rings is 2. The first-order valence-electron chi connectivity index (χ1n) is 5.86. The maximum absolute atomic E-state index is 9.46. The van der Waals surface area contributed by atoms with Crippen LogP contribution in [0.25, 0.3) is 22.5 Å². The molecule has 0 atom stereocenters. The van der Waals surface area contributed by atoms with Crippen molar-refractivity contribution < 1.29 is 10.2 Å². The third-order valence-electron chi connectivity index (χ3n) is 2.90. The molecule has 0 aliphatic rings. The Bertz CT molecular complexity index is 702. The third kappa shape index (κ3) is 2.28. The molecule has 0 saturated heterocycles. The highest BCUT2D eigenvalue weighted by Gasteiger charge is 2.06. The Labute approximate surface area is 110 Å². The molecule has 0 fully saturated rings. The van der Waals surface area contributed by atoms with Crippen LogP contribution in [0.3, 0.4) is 0 Å². The third-order valence-corrected chi connectivity index (χ3v) is 2.90.